The Labute approximate surface area is 195 Å². The number of hydrogen-bond acceptors (Lipinski definition) is 2. The van der Waals surface area contributed by atoms with Gasteiger partial charge in [0, 0.05) is 33.2 Å². The number of nitrogens with zero attached hydrogens (tertiary/aromatic N) is 3. The Hall–Kier alpha value is -3.44. The Morgan fingerprint density at radius 2 is 1.59 bits per heavy atom. The van der Waals surface area contributed by atoms with Crippen LogP contribution in [0.25, 0.3) is 17.0 Å². The molecular weight excluding hydrogens is 462 g/mol. The lowest BCUT2D eigenvalue weighted by atomic mass is 10.0. The lowest BCUT2D eigenvalue weighted by Gasteiger charge is -2.11. The van der Waals surface area contributed by atoms with Gasteiger partial charge in [0.05, 0.1) is 17.0 Å². The number of rotatable bonds is 4. The standard InChI is InChI=1S/C27H22BrN3O/c1-18-24(27(32)31(29-18)22-8-4-3-5-9-22)16-25-19(2)30(26-11-7-6-10-23(25)26)17-20-12-14-21(28)15-13-20/h3-16H,17H2,1-2H3/b24-16+. The summed E-state index contributed by atoms with van der Waals surface area (Å²) in [4.78, 5) is 13.2. The van der Waals surface area contributed by atoms with Crippen molar-refractivity contribution in [3.05, 3.63) is 106 Å². The molecule has 1 aliphatic heterocycles. The largest absolute Gasteiger partial charge is 0.340 e. The molecule has 5 heteroatoms. The zero-order valence-electron chi connectivity index (χ0n) is 17.9. The van der Waals surface area contributed by atoms with Gasteiger partial charge in [-0.15, -0.1) is 0 Å². The van der Waals surface area contributed by atoms with Gasteiger partial charge < -0.3 is 4.57 Å². The van der Waals surface area contributed by atoms with Crippen LogP contribution < -0.4 is 5.01 Å². The molecule has 4 nitrogen and oxygen atoms in total. The molecular formula is C27H22BrN3O. The third-order valence-electron chi connectivity index (χ3n) is 5.89. The molecule has 0 N–H and O–H groups in total. The second-order valence-electron chi connectivity index (χ2n) is 7.92. The van der Waals surface area contributed by atoms with E-state index in [4.69, 9.17) is 0 Å². The van der Waals surface area contributed by atoms with E-state index in [1.165, 1.54) is 10.6 Å². The van der Waals surface area contributed by atoms with E-state index in [2.05, 4.69) is 75.0 Å². The number of para-hydroxylation sites is 2. The second-order valence-corrected chi connectivity index (χ2v) is 8.84. The van der Waals surface area contributed by atoms with Gasteiger partial charge >= 0.3 is 0 Å². The number of fused-ring (bicyclic) bond motifs is 1. The molecule has 1 aliphatic rings. The smallest absolute Gasteiger partial charge is 0.280 e. The predicted molar refractivity (Wildman–Crippen MR) is 135 cm³/mol. The zero-order chi connectivity index (χ0) is 22.2. The summed E-state index contributed by atoms with van der Waals surface area (Å²) in [7, 11) is 0. The highest BCUT2D eigenvalue weighted by Gasteiger charge is 2.29. The van der Waals surface area contributed by atoms with Crippen LogP contribution in [0, 0.1) is 6.92 Å². The first-order valence-electron chi connectivity index (χ1n) is 10.5. The van der Waals surface area contributed by atoms with Crippen LogP contribution in [0.1, 0.15) is 23.7 Å². The number of anilines is 1. The van der Waals surface area contributed by atoms with E-state index in [1.54, 1.807) is 0 Å². The lowest BCUT2D eigenvalue weighted by molar-refractivity contribution is -0.114. The zero-order valence-corrected chi connectivity index (χ0v) is 19.5. The Kier molecular flexibility index (Phi) is 5.27. The Morgan fingerprint density at radius 3 is 2.34 bits per heavy atom. The Bertz CT molecular complexity index is 1380. The molecule has 0 bridgehead atoms. The molecule has 1 aromatic heterocycles. The van der Waals surface area contributed by atoms with Crippen LogP contribution >= 0.6 is 15.9 Å². The minimum atomic E-state index is -0.0992. The highest BCUT2D eigenvalue weighted by Crippen LogP contribution is 2.31. The number of carbonyl (C=O) groups excluding carboxylic acids is 1. The fraction of sp³-hybridized carbons (Fsp3) is 0.111. The molecule has 0 radical (unpaired) electrons. The predicted octanol–water partition coefficient (Wildman–Crippen LogP) is 6.57. The fourth-order valence-corrected chi connectivity index (χ4v) is 4.45. The molecule has 4 aromatic rings. The first kappa shape index (κ1) is 20.5. The summed E-state index contributed by atoms with van der Waals surface area (Å²) in [5, 5.41) is 7.15. The molecule has 0 saturated heterocycles. The van der Waals surface area contributed by atoms with Crippen molar-refractivity contribution in [2.45, 2.75) is 20.4 Å². The van der Waals surface area contributed by atoms with Crippen molar-refractivity contribution in [2.24, 2.45) is 5.10 Å². The summed E-state index contributed by atoms with van der Waals surface area (Å²) in [5.41, 5.74) is 6.69. The summed E-state index contributed by atoms with van der Waals surface area (Å²) in [6.07, 6.45) is 2.00. The fourth-order valence-electron chi connectivity index (χ4n) is 4.19. The minimum Gasteiger partial charge on any atom is -0.340 e. The summed E-state index contributed by atoms with van der Waals surface area (Å²) in [6.45, 7) is 4.77. The summed E-state index contributed by atoms with van der Waals surface area (Å²) >= 11 is 3.51. The molecule has 1 amide bonds. The van der Waals surface area contributed by atoms with E-state index in [1.807, 2.05) is 49.4 Å². The van der Waals surface area contributed by atoms with E-state index in [-0.39, 0.29) is 5.91 Å². The highest BCUT2D eigenvalue weighted by atomic mass is 79.9. The van der Waals surface area contributed by atoms with Gasteiger partial charge in [0.1, 0.15) is 0 Å². The van der Waals surface area contributed by atoms with Gasteiger partial charge in [-0.05, 0) is 55.8 Å². The van der Waals surface area contributed by atoms with Crippen molar-refractivity contribution in [1.29, 1.82) is 0 Å². The molecule has 0 aliphatic carbocycles. The van der Waals surface area contributed by atoms with E-state index in [0.717, 1.165) is 44.6 Å². The van der Waals surface area contributed by atoms with E-state index in [9.17, 15) is 4.79 Å². The first-order valence-corrected chi connectivity index (χ1v) is 11.3. The van der Waals surface area contributed by atoms with Crippen molar-refractivity contribution in [1.82, 2.24) is 4.57 Å². The van der Waals surface area contributed by atoms with Gasteiger partial charge in [-0.3, -0.25) is 4.79 Å². The minimum absolute atomic E-state index is 0.0992. The first-order chi connectivity index (χ1) is 15.5. The highest BCUT2D eigenvalue weighted by molar-refractivity contribution is 9.10. The molecule has 3 aromatic carbocycles. The maximum Gasteiger partial charge on any atom is 0.280 e. The average molecular weight is 484 g/mol. The third kappa shape index (κ3) is 3.59. The van der Waals surface area contributed by atoms with Gasteiger partial charge in [-0.25, -0.2) is 0 Å². The van der Waals surface area contributed by atoms with Crippen molar-refractivity contribution in [2.75, 3.05) is 5.01 Å². The molecule has 0 unspecified atom stereocenters. The number of halogens is 1. The number of hydrazone groups is 1. The average Bonchev–Trinajstić information content (AvgIpc) is 3.24. The van der Waals surface area contributed by atoms with Gasteiger partial charge in [0.15, 0.2) is 0 Å². The number of benzene rings is 3. The van der Waals surface area contributed by atoms with E-state index < -0.39 is 0 Å². The number of hydrogen-bond donors (Lipinski definition) is 0. The Morgan fingerprint density at radius 1 is 0.906 bits per heavy atom. The van der Waals surface area contributed by atoms with Crippen LogP contribution in [-0.2, 0) is 11.3 Å². The van der Waals surface area contributed by atoms with Gasteiger partial charge in [0.2, 0.25) is 0 Å². The van der Waals surface area contributed by atoms with Crippen molar-refractivity contribution in [3.8, 4) is 0 Å². The van der Waals surface area contributed by atoms with Gasteiger partial charge in [-0.2, -0.15) is 10.1 Å². The molecule has 0 atom stereocenters. The lowest BCUT2D eigenvalue weighted by Crippen LogP contribution is -2.21. The third-order valence-corrected chi connectivity index (χ3v) is 6.41. The van der Waals surface area contributed by atoms with Crippen LogP contribution in [0.4, 0.5) is 5.69 Å². The number of aromatic nitrogens is 1. The molecule has 0 fully saturated rings. The quantitative estimate of drug-likeness (QED) is 0.302. The van der Waals surface area contributed by atoms with E-state index in [0.29, 0.717) is 5.57 Å². The Balaban J connectivity index is 1.58. The number of carbonyl (C=O) groups is 1. The van der Waals surface area contributed by atoms with Crippen LogP contribution in [0.15, 0.2) is 94.0 Å². The normalized spacial score (nSPS) is 15.1. The number of amides is 1. The maximum absolute atomic E-state index is 13.2. The summed E-state index contributed by atoms with van der Waals surface area (Å²) in [6, 6.07) is 26.3. The van der Waals surface area contributed by atoms with Crippen molar-refractivity contribution in [3.63, 3.8) is 0 Å². The van der Waals surface area contributed by atoms with E-state index >= 15 is 0 Å². The van der Waals surface area contributed by atoms with Crippen LogP contribution in [0.2, 0.25) is 0 Å². The summed E-state index contributed by atoms with van der Waals surface area (Å²) in [5.74, 6) is -0.0992. The van der Waals surface area contributed by atoms with Crippen molar-refractivity contribution < 1.29 is 4.79 Å². The molecule has 0 spiro atoms. The van der Waals surface area contributed by atoms with Crippen LogP contribution in [0.3, 0.4) is 0 Å². The molecule has 158 valence electrons. The monoisotopic (exact) mass is 483 g/mol. The molecule has 0 saturated carbocycles. The summed E-state index contributed by atoms with van der Waals surface area (Å²) < 4.78 is 3.38. The SMILES string of the molecule is CC1=NN(c2ccccc2)C(=O)/C1=C/c1c(C)n(Cc2ccc(Br)cc2)c2ccccc12. The molecule has 2 heterocycles. The van der Waals surface area contributed by atoms with Crippen molar-refractivity contribution >= 4 is 50.2 Å². The maximum atomic E-state index is 13.2. The van der Waals surface area contributed by atoms with Crippen LogP contribution in [0.5, 0.6) is 0 Å². The second kappa shape index (κ2) is 8.24. The van der Waals surface area contributed by atoms with Crippen LogP contribution in [-0.4, -0.2) is 16.2 Å². The molecule has 5 rings (SSSR count). The topological polar surface area (TPSA) is 37.6 Å². The van der Waals surface area contributed by atoms with Gasteiger partial charge in [-0.1, -0.05) is 64.5 Å². The molecule has 32 heavy (non-hydrogen) atoms. The van der Waals surface area contributed by atoms with Gasteiger partial charge in [0.25, 0.3) is 5.91 Å².